The predicted octanol–water partition coefficient (Wildman–Crippen LogP) is 4.37. The Morgan fingerprint density at radius 2 is 1.88 bits per heavy atom. The molecule has 1 aromatic heterocycles. The molecule has 0 aliphatic heterocycles. The van der Waals surface area contributed by atoms with E-state index in [-0.39, 0.29) is 11.3 Å². The summed E-state index contributed by atoms with van der Waals surface area (Å²) in [7, 11) is 0. The van der Waals surface area contributed by atoms with Gasteiger partial charge in [-0.15, -0.1) is 11.3 Å². The fourth-order valence-corrected chi connectivity index (χ4v) is 4.15. The highest BCUT2D eigenvalue weighted by atomic mass is 32.1. The number of thiazole rings is 1. The molecule has 0 unspecified atom stereocenters. The van der Waals surface area contributed by atoms with Crippen molar-refractivity contribution in [2.24, 2.45) is 0 Å². The summed E-state index contributed by atoms with van der Waals surface area (Å²) in [4.78, 5) is 17.1. The maximum absolute atomic E-state index is 12.4. The summed E-state index contributed by atoms with van der Waals surface area (Å²) >= 11 is 1.72. The fraction of sp³-hybridized carbons (Fsp3) is 0.200. The van der Waals surface area contributed by atoms with Crippen LogP contribution in [0.1, 0.15) is 39.5 Å². The van der Waals surface area contributed by atoms with Gasteiger partial charge in [-0.1, -0.05) is 24.3 Å². The van der Waals surface area contributed by atoms with Gasteiger partial charge >= 0.3 is 0 Å². The van der Waals surface area contributed by atoms with Crippen LogP contribution in [0.3, 0.4) is 0 Å². The van der Waals surface area contributed by atoms with E-state index in [1.807, 2.05) is 43.3 Å². The SMILES string of the molecule is Cc1csc(C2(c3ccc(C(=O)Nc4ccccc4N)cc3)CC2)n1. The van der Waals surface area contributed by atoms with E-state index in [9.17, 15) is 4.79 Å². The zero-order valence-electron chi connectivity index (χ0n) is 14.0. The third-order valence-corrected chi connectivity index (χ3v) is 5.85. The van der Waals surface area contributed by atoms with Crippen molar-refractivity contribution in [1.29, 1.82) is 0 Å². The van der Waals surface area contributed by atoms with Crippen molar-refractivity contribution in [3.63, 3.8) is 0 Å². The van der Waals surface area contributed by atoms with Crippen molar-refractivity contribution >= 4 is 28.6 Å². The van der Waals surface area contributed by atoms with Crippen LogP contribution in [-0.2, 0) is 5.41 Å². The van der Waals surface area contributed by atoms with Crippen LogP contribution in [-0.4, -0.2) is 10.9 Å². The molecule has 2 aromatic carbocycles. The van der Waals surface area contributed by atoms with E-state index in [1.54, 1.807) is 23.5 Å². The van der Waals surface area contributed by atoms with Crippen molar-refractivity contribution in [3.8, 4) is 0 Å². The van der Waals surface area contributed by atoms with Crippen LogP contribution in [0.25, 0.3) is 0 Å². The molecule has 1 aliphatic carbocycles. The van der Waals surface area contributed by atoms with Crippen LogP contribution >= 0.6 is 11.3 Å². The third-order valence-electron chi connectivity index (χ3n) is 4.69. The van der Waals surface area contributed by atoms with E-state index in [2.05, 4.69) is 15.7 Å². The molecule has 25 heavy (non-hydrogen) atoms. The lowest BCUT2D eigenvalue weighted by molar-refractivity contribution is 0.102. The number of anilines is 2. The minimum atomic E-state index is -0.153. The number of aromatic nitrogens is 1. The van der Waals surface area contributed by atoms with Gasteiger partial charge in [0.15, 0.2) is 0 Å². The van der Waals surface area contributed by atoms with Gasteiger partial charge in [-0.05, 0) is 49.6 Å². The van der Waals surface area contributed by atoms with E-state index in [1.165, 1.54) is 10.6 Å². The zero-order valence-corrected chi connectivity index (χ0v) is 14.8. The number of para-hydroxylation sites is 2. The lowest BCUT2D eigenvalue weighted by Crippen LogP contribution is -2.14. The molecule has 1 saturated carbocycles. The molecule has 0 atom stereocenters. The monoisotopic (exact) mass is 349 g/mol. The molecule has 0 radical (unpaired) electrons. The minimum Gasteiger partial charge on any atom is -0.397 e. The lowest BCUT2D eigenvalue weighted by atomic mass is 9.95. The van der Waals surface area contributed by atoms with Crippen molar-refractivity contribution in [3.05, 3.63) is 75.7 Å². The van der Waals surface area contributed by atoms with Crippen molar-refractivity contribution in [1.82, 2.24) is 4.98 Å². The summed E-state index contributed by atoms with van der Waals surface area (Å²) in [6.45, 7) is 2.03. The molecule has 1 fully saturated rings. The highest BCUT2D eigenvalue weighted by Crippen LogP contribution is 2.54. The second-order valence-electron chi connectivity index (χ2n) is 6.49. The molecule has 126 valence electrons. The number of carbonyl (C=O) groups is 1. The quantitative estimate of drug-likeness (QED) is 0.687. The van der Waals surface area contributed by atoms with Crippen molar-refractivity contribution < 1.29 is 4.79 Å². The number of benzene rings is 2. The number of amides is 1. The molecule has 0 bridgehead atoms. The van der Waals surface area contributed by atoms with Crippen LogP contribution in [0.2, 0.25) is 0 Å². The molecule has 1 heterocycles. The summed E-state index contributed by atoms with van der Waals surface area (Å²) in [6.07, 6.45) is 2.23. The van der Waals surface area contributed by atoms with Gasteiger partial charge < -0.3 is 11.1 Å². The van der Waals surface area contributed by atoms with Gasteiger partial charge in [0.1, 0.15) is 5.01 Å². The van der Waals surface area contributed by atoms with Crippen molar-refractivity contribution in [2.75, 3.05) is 11.1 Å². The average molecular weight is 349 g/mol. The van der Waals surface area contributed by atoms with Gasteiger partial charge in [-0.3, -0.25) is 4.79 Å². The molecule has 3 aromatic rings. The molecule has 3 N–H and O–H groups in total. The Morgan fingerprint density at radius 3 is 2.48 bits per heavy atom. The Bertz CT molecular complexity index is 926. The first kappa shape index (κ1) is 15.8. The normalized spacial score (nSPS) is 14.9. The van der Waals surface area contributed by atoms with Gasteiger partial charge in [-0.25, -0.2) is 4.98 Å². The molecule has 5 heteroatoms. The first-order valence-corrected chi connectivity index (χ1v) is 9.15. The highest BCUT2D eigenvalue weighted by Gasteiger charge is 2.48. The second kappa shape index (κ2) is 6.01. The molecule has 4 nitrogen and oxygen atoms in total. The van der Waals surface area contributed by atoms with E-state index in [4.69, 9.17) is 5.73 Å². The van der Waals surface area contributed by atoms with Gasteiger partial charge in [0, 0.05) is 22.1 Å². The molecule has 1 amide bonds. The summed E-state index contributed by atoms with van der Waals surface area (Å²) in [5.41, 5.74) is 10.1. The zero-order chi connectivity index (χ0) is 17.4. The van der Waals surface area contributed by atoms with Crippen LogP contribution in [0.4, 0.5) is 11.4 Å². The van der Waals surface area contributed by atoms with Gasteiger partial charge in [0.25, 0.3) is 5.91 Å². The Balaban J connectivity index is 1.54. The molecule has 0 spiro atoms. The minimum absolute atomic E-state index is 0.0534. The Kier molecular flexibility index (Phi) is 3.81. The van der Waals surface area contributed by atoms with Crippen LogP contribution in [0.5, 0.6) is 0 Å². The van der Waals surface area contributed by atoms with Gasteiger partial charge in [0.05, 0.1) is 11.4 Å². The third kappa shape index (κ3) is 2.91. The van der Waals surface area contributed by atoms with Crippen molar-refractivity contribution in [2.45, 2.75) is 25.2 Å². The summed E-state index contributed by atoms with van der Waals surface area (Å²) < 4.78 is 0. The number of rotatable bonds is 4. The second-order valence-corrected chi connectivity index (χ2v) is 7.35. The number of nitrogens with two attached hydrogens (primary N) is 1. The van der Waals surface area contributed by atoms with Gasteiger partial charge in [-0.2, -0.15) is 0 Å². The van der Waals surface area contributed by atoms with Crippen LogP contribution in [0.15, 0.2) is 53.9 Å². The number of nitrogen functional groups attached to an aromatic ring is 1. The van der Waals surface area contributed by atoms with E-state index < -0.39 is 0 Å². The largest absolute Gasteiger partial charge is 0.397 e. The van der Waals surface area contributed by atoms with E-state index in [0.29, 0.717) is 16.9 Å². The van der Waals surface area contributed by atoms with E-state index in [0.717, 1.165) is 18.5 Å². The molecular formula is C20H19N3OS. The van der Waals surface area contributed by atoms with Gasteiger partial charge in [0.2, 0.25) is 0 Å². The molecule has 1 aliphatic rings. The summed E-state index contributed by atoms with van der Waals surface area (Å²) in [5, 5.41) is 6.14. The summed E-state index contributed by atoms with van der Waals surface area (Å²) in [6, 6.07) is 15.1. The summed E-state index contributed by atoms with van der Waals surface area (Å²) in [5.74, 6) is -0.153. The number of carbonyl (C=O) groups excluding carboxylic acids is 1. The predicted molar refractivity (Wildman–Crippen MR) is 102 cm³/mol. The molecular weight excluding hydrogens is 330 g/mol. The fourth-order valence-electron chi connectivity index (χ4n) is 3.07. The first-order valence-electron chi connectivity index (χ1n) is 8.27. The topological polar surface area (TPSA) is 68.0 Å². The van der Waals surface area contributed by atoms with Crippen LogP contribution in [0, 0.1) is 6.92 Å². The number of hydrogen-bond donors (Lipinski definition) is 2. The lowest BCUT2D eigenvalue weighted by Gasteiger charge is -2.13. The highest BCUT2D eigenvalue weighted by molar-refractivity contribution is 7.09. The Morgan fingerprint density at radius 1 is 1.16 bits per heavy atom. The maximum Gasteiger partial charge on any atom is 0.255 e. The Labute approximate surface area is 150 Å². The number of hydrogen-bond acceptors (Lipinski definition) is 4. The number of nitrogens with one attached hydrogen (secondary N) is 1. The first-order chi connectivity index (χ1) is 12.1. The molecule has 0 saturated heterocycles. The Hall–Kier alpha value is -2.66. The standard InChI is InChI=1S/C20H19N3OS/c1-13-12-25-19(22-13)20(10-11-20)15-8-6-14(7-9-15)18(24)23-17-5-3-2-4-16(17)21/h2-9,12H,10-11,21H2,1H3,(H,23,24). The van der Waals surface area contributed by atoms with Crippen LogP contribution < -0.4 is 11.1 Å². The number of aryl methyl sites for hydroxylation is 1. The smallest absolute Gasteiger partial charge is 0.255 e. The van der Waals surface area contributed by atoms with E-state index >= 15 is 0 Å². The number of nitrogens with zero attached hydrogens (tertiary/aromatic N) is 1. The maximum atomic E-state index is 12.4. The molecule has 4 rings (SSSR count). The average Bonchev–Trinajstić information content (AvgIpc) is 3.32.